The highest BCUT2D eigenvalue weighted by Crippen LogP contribution is 2.26. The summed E-state index contributed by atoms with van der Waals surface area (Å²) in [7, 11) is 0. The van der Waals surface area contributed by atoms with Crippen molar-refractivity contribution in [3.05, 3.63) is 47.0 Å². The van der Waals surface area contributed by atoms with Gasteiger partial charge in [0.2, 0.25) is 0 Å². The number of nitrogens with two attached hydrogens (primary N) is 1. The molecule has 0 amide bonds. The van der Waals surface area contributed by atoms with Gasteiger partial charge in [-0.2, -0.15) is 0 Å². The maximum Gasteiger partial charge on any atom is 0.133 e. The lowest BCUT2D eigenvalue weighted by Gasteiger charge is -2.18. The minimum absolute atomic E-state index is 0.0227. The van der Waals surface area contributed by atoms with E-state index in [4.69, 9.17) is 5.84 Å². The third-order valence-corrected chi connectivity index (χ3v) is 2.42. The van der Waals surface area contributed by atoms with Crippen LogP contribution >= 0.6 is 0 Å². The van der Waals surface area contributed by atoms with Gasteiger partial charge in [0.05, 0.1) is 6.04 Å². The highest BCUT2D eigenvalue weighted by Gasteiger charge is 2.20. The third-order valence-electron chi connectivity index (χ3n) is 2.42. The Balaban J connectivity index is 3.18. The van der Waals surface area contributed by atoms with Crippen molar-refractivity contribution in [1.29, 1.82) is 0 Å². The molecule has 0 bridgehead atoms. The van der Waals surface area contributed by atoms with Crippen LogP contribution in [0.2, 0.25) is 0 Å². The molecule has 1 aromatic rings. The fraction of sp³-hybridized carbons (Fsp3) is 0.333. The van der Waals surface area contributed by atoms with Gasteiger partial charge in [-0.3, -0.25) is 11.3 Å². The van der Waals surface area contributed by atoms with Gasteiger partial charge in [-0.1, -0.05) is 11.6 Å². The van der Waals surface area contributed by atoms with E-state index in [0.29, 0.717) is 12.0 Å². The highest BCUT2D eigenvalue weighted by molar-refractivity contribution is 5.30. The molecule has 2 nitrogen and oxygen atoms in total. The first-order valence-corrected chi connectivity index (χ1v) is 5.02. The van der Waals surface area contributed by atoms with Gasteiger partial charge < -0.3 is 0 Å². The molecule has 4 heteroatoms. The minimum atomic E-state index is -0.590. The zero-order chi connectivity index (χ0) is 12.3. The molecule has 0 saturated heterocycles. The molecule has 1 aromatic carbocycles. The molecule has 0 heterocycles. The van der Waals surface area contributed by atoms with Crippen molar-refractivity contribution in [2.75, 3.05) is 0 Å². The first-order valence-electron chi connectivity index (χ1n) is 5.02. The van der Waals surface area contributed by atoms with Gasteiger partial charge in [0.25, 0.3) is 0 Å². The van der Waals surface area contributed by atoms with E-state index in [1.54, 1.807) is 13.8 Å². The summed E-state index contributed by atoms with van der Waals surface area (Å²) in [6.07, 6.45) is 0.397. The molecule has 1 rings (SSSR count). The Labute approximate surface area is 94.1 Å². The van der Waals surface area contributed by atoms with Crippen LogP contribution in [0.1, 0.15) is 30.5 Å². The molecular formula is C12H16F2N2. The Morgan fingerprint density at radius 2 is 2.12 bits per heavy atom. The molecule has 0 aliphatic heterocycles. The van der Waals surface area contributed by atoms with Crippen LogP contribution in [0.3, 0.4) is 0 Å². The lowest BCUT2D eigenvalue weighted by atomic mass is 9.98. The normalized spacial score (nSPS) is 12.6. The summed E-state index contributed by atoms with van der Waals surface area (Å²) in [6.45, 7) is 7.09. The Kier molecular flexibility index (Phi) is 4.15. The summed E-state index contributed by atoms with van der Waals surface area (Å²) in [6, 6.07) is 2.07. The maximum absolute atomic E-state index is 13.8. The Hall–Kier alpha value is -1.26. The zero-order valence-corrected chi connectivity index (χ0v) is 9.48. The number of aryl methyl sites for hydroxylation is 1. The Morgan fingerprint density at radius 1 is 1.50 bits per heavy atom. The fourth-order valence-electron chi connectivity index (χ4n) is 1.59. The number of halogens is 2. The van der Waals surface area contributed by atoms with E-state index in [1.807, 2.05) is 0 Å². The second kappa shape index (κ2) is 5.18. The van der Waals surface area contributed by atoms with Crippen LogP contribution in [0, 0.1) is 18.6 Å². The van der Waals surface area contributed by atoms with Crippen molar-refractivity contribution in [1.82, 2.24) is 5.43 Å². The Morgan fingerprint density at radius 3 is 2.62 bits per heavy atom. The summed E-state index contributed by atoms with van der Waals surface area (Å²) >= 11 is 0. The zero-order valence-electron chi connectivity index (χ0n) is 9.48. The van der Waals surface area contributed by atoms with E-state index >= 15 is 0 Å². The molecule has 0 spiro atoms. The van der Waals surface area contributed by atoms with Gasteiger partial charge >= 0.3 is 0 Å². The van der Waals surface area contributed by atoms with Gasteiger partial charge in [-0.15, -0.1) is 6.58 Å². The maximum atomic E-state index is 13.8. The molecule has 1 atom stereocenters. The van der Waals surface area contributed by atoms with E-state index in [0.717, 1.165) is 5.57 Å². The van der Waals surface area contributed by atoms with Crippen molar-refractivity contribution in [3.63, 3.8) is 0 Å². The number of hydrogen-bond acceptors (Lipinski definition) is 2. The Bertz CT molecular complexity index is 402. The predicted molar refractivity (Wildman–Crippen MR) is 60.6 cm³/mol. The molecule has 0 radical (unpaired) electrons. The van der Waals surface area contributed by atoms with Gasteiger partial charge in [-0.25, -0.2) is 8.78 Å². The van der Waals surface area contributed by atoms with E-state index in [2.05, 4.69) is 12.0 Å². The van der Waals surface area contributed by atoms with Crippen molar-refractivity contribution >= 4 is 0 Å². The van der Waals surface area contributed by atoms with Gasteiger partial charge in [0.1, 0.15) is 11.6 Å². The predicted octanol–water partition coefficient (Wildman–Crippen LogP) is 2.74. The molecular weight excluding hydrogens is 210 g/mol. The second-order valence-electron chi connectivity index (χ2n) is 3.97. The monoisotopic (exact) mass is 226 g/mol. The second-order valence-corrected chi connectivity index (χ2v) is 3.97. The third kappa shape index (κ3) is 2.65. The van der Waals surface area contributed by atoms with Crippen molar-refractivity contribution < 1.29 is 8.78 Å². The summed E-state index contributed by atoms with van der Waals surface area (Å²) < 4.78 is 27.3. The van der Waals surface area contributed by atoms with Crippen LogP contribution in [-0.2, 0) is 0 Å². The molecule has 0 fully saturated rings. The average molecular weight is 226 g/mol. The quantitative estimate of drug-likeness (QED) is 0.470. The number of benzene rings is 1. The van der Waals surface area contributed by atoms with Crippen LogP contribution < -0.4 is 11.3 Å². The molecule has 0 aliphatic carbocycles. The van der Waals surface area contributed by atoms with E-state index < -0.39 is 17.7 Å². The molecule has 3 N–H and O–H groups in total. The summed E-state index contributed by atoms with van der Waals surface area (Å²) in [5.74, 6) is 4.17. The number of hydrazine groups is 1. The standard InChI is InChI=1S/C12H16F2N2/c1-7(2)6-10(16-15)11-9(13)5-4-8(3)12(11)14/h4-5,10,16H,1,6,15H2,2-3H3. The molecule has 0 saturated carbocycles. The summed E-state index contributed by atoms with van der Waals surface area (Å²) in [5.41, 5.74) is 3.60. The van der Waals surface area contributed by atoms with E-state index in [1.165, 1.54) is 12.1 Å². The smallest absolute Gasteiger partial charge is 0.133 e. The lowest BCUT2D eigenvalue weighted by Crippen LogP contribution is -2.29. The molecule has 88 valence electrons. The molecule has 0 aliphatic rings. The molecule has 16 heavy (non-hydrogen) atoms. The number of hydrogen-bond donors (Lipinski definition) is 2. The first kappa shape index (κ1) is 12.8. The van der Waals surface area contributed by atoms with Crippen LogP contribution in [0.5, 0.6) is 0 Å². The lowest BCUT2D eigenvalue weighted by molar-refractivity contribution is 0.469. The van der Waals surface area contributed by atoms with Crippen molar-refractivity contribution in [2.24, 2.45) is 5.84 Å². The topological polar surface area (TPSA) is 38.0 Å². The molecule has 1 unspecified atom stereocenters. The van der Waals surface area contributed by atoms with Crippen LogP contribution in [0.25, 0.3) is 0 Å². The van der Waals surface area contributed by atoms with E-state index in [-0.39, 0.29) is 5.56 Å². The fourth-order valence-corrected chi connectivity index (χ4v) is 1.59. The molecule has 0 aromatic heterocycles. The van der Waals surface area contributed by atoms with Crippen molar-refractivity contribution in [3.8, 4) is 0 Å². The highest BCUT2D eigenvalue weighted by atomic mass is 19.1. The summed E-state index contributed by atoms with van der Waals surface area (Å²) in [4.78, 5) is 0. The van der Waals surface area contributed by atoms with Gasteiger partial charge in [0, 0.05) is 5.56 Å². The summed E-state index contributed by atoms with van der Waals surface area (Å²) in [5, 5.41) is 0. The van der Waals surface area contributed by atoms with E-state index in [9.17, 15) is 8.78 Å². The average Bonchev–Trinajstić information content (AvgIpc) is 2.22. The van der Waals surface area contributed by atoms with Gasteiger partial charge in [0.15, 0.2) is 0 Å². The SMILES string of the molecule is C=C(C)CC(NN)c1c(F)ccc(C)c1F. The van der Waals surface area contributed by atoms with Crippen LogP contribution in [-0.4, -0.2) is 0 Å². The number of rotatable bonds is 4. The first-order chi connectivity index (χ1) is 7.47. The number of nitrogens with one attached hydrogen (secondary N) is 1. The van der Waals surface area contributed by atoms with Crippen molar-refractivity contribution in [2.45, 2.75) is 26.3 Å². The largest absolute Gasteiger partial charge is 0.271 e. The van der Waals surface area contributed by atoms with Gasteiger partial charge in [-0.05, 0) is 31.9 Å². The minimum Gasteiger partial charge on any atom is -0.271 e. The van der Waals surface area contributed by atoms with Crippen LogP contribution in [0.15, 0.2) is 24.3 Å². The van der Waals surface area contributed by atoms with Crippen LogP contribution in [0.4, 0.5) is 8.78 Å².